The molecule has 2 N–H and O–H groups in total. The number of thioether (sulfide) groups is 1. The van der Waals surface area contributed by atoms with Crippen LogP contribution >= 0.6 is 11.8 Å². The molecule has 0 amide bonds. The number of rotatable bonds is 7. The smallest absolute Gasteiger partial charge is 0.0550 e. The lowest BCUT2D eigenvalue weighted by atomic mass is 9.79. The first-order valence-electron chi connectivity index (χ1n) is 6.05. The molecule has 0 heterocycles. The van der Waals surface area contributed by atoms with Gasteiger partial charge in [0, 0.05) is 5.41 Å². The normalized spacial score (nSPS) is 11.8. The van der Waals surface area contributed by atoms with Gasteiger partial charge in [-0.1, -0.05) is 36.8 Å². The van der Waals surface area contributed by atoms with Crippen LogP contribution in [0.4, 0.5) is 0 Å². The Labute approximate surface area is 108 Å². The van der Waals surface area contributed by atoms with Crippen molar-refractivity contribution in [2.45, 2.75) is 25.7 Å². The molecule has 0 aliphatic rings. The number of aliphatic hydroxyl groups is 2. The number of aryl methyl sites for hydroxylation is 1. The van der Waals surface area contributed by atoms with Gasteiger partial charge >= 0.3 is 0 Å². The summed E-state index contributed by atoms with van der Waals surface area (Å²) in [5.74, 6) is 2.03. The van der Waals surface area contributed by atoms with E-state index in [4.69, 9.17) is 0 Å². The van der Waals surface area contributed by atoms with Gasteiger partial charge in [-0.2, -0.15) is 11.8 Å². The first-order valence-corrected chi connectivity index (χ1v) is 7.20. The van der Waals surface area contributed by atoms with Gasteiger partial charge in [-0.25, -0.2) is 0 Å². The molecule has 0 atom stereocenters. The minimum absolute atomic E-state index is 0.00275. The van der Waals surface area contributed by atoms with E-state index >= 15 is 0 Å². The maximum atomic E-state index is 9.65. The lowest BCUT2D eigenvalue weighted by molar-refractivity contribution is 0.114. The maximum Gasteiger partial charge on any atom is 0.0550 e. The lowest BCUT2D eigenvalue weighted by Gasteiger charge is -2.30. The number of hydrogen-bond donors (Lipinski definition) is 2. The summed E-state index contributed by atoms with van der Waals surface area (Å²) in [6.07, 6.45) is 0.808. The second kappa shape index (κ2) is 7.04. The molecule has 2 nitrogen and oxygen atoms in total. The SMILES string of the molecule is CCSCCC(CO)(CO)c1cccc(C)c1. The maximum absolute atomic E-state index is 9.65. The molecule has 1 aromatic rings. The van der Waals surface area contributed by atoms with Crippen molar-refractivity contribution in [2.24, 2.45) is 0 Å². The summed E-state index contributed by atoms with van der Waals surface area (Å²) >= 11 is 1.84. The Morgan fingerprint density at radius 1 is 1.24 bits per heavy atom. The lowest BCUT2D eigenvalue weighted by Crippen LogP contribution is -2.35. The Bertz CT molecular complexity index is 335. The van der Waals surface area contributed by atoms with Crippen molar-refractivity contribution < 1.29 is 10.2 Å². The molecule has 0 aliphatic heterocycles. The summed E-state index contributed by atoms with van der Waals surface area (Å²) in [6, 6.07) is 8.07. The molecule has 0 spiro atoms. The van der Waals surface area contributed by atoms with Gasteiger partial charge < -0.3 is 10.2 Å². The van der Waals surface area contributed by atoms with Gasteiger partial charge in [0.1, 0.15) is 0 Å². The average molecular weight is 254 g/mol. The fourth-order valence-corrected chi connectivity index (χ4v) is 2.75. The number of benzene rings is 1. The highest BCUT2D eigenvalue weighted by molar-refractivity contribution is 7.99. The standard InChI is InChI=1S/C14H22O2S/c1-3-17-8-7-14(10-15,11-16)13-6-4-5-12(2)9-13/h4-6,9,15-16H,3,7-8,10-11H2,1-2H3. The van der Waals surface area contributed by atoms with Crippen LogP contribution < -0.4 is 0 Å². The summed E-state index contributed by atoms with van der Waals surface area (Å²) in [5, 5.41) is 19.3. The van der Waals surface area contributed by atoms with Crippen LogP contribution in [0.2, 0.25) is 0 Å². The highest BCUT2D eigenvalue weighted by atomic mass is 32.2. The van der Waals surface area contributed by atoms with Crippen LogP contribution in [0.25, 0.3) is 0 Å². The molecule has 0 aliphatic carbocycles. The van der Waals surface area contributed by atoms with Crippen LogP contribution in [0, 0.1) is 6.92 Å². The molecule has 0 unspecified atom stereocenters. The predicted molar refractivity (Wildman–Crippen MR) is 74.6 cm³/mol. The third-order valence-electron chi connectivity index (χ3n) is 3.16. The van der Waals surface area contributed by atoms with Gasteiger partial charge in [0.25, 0.3) is 0 Å². The molecular weight excluding hydrogens is 232 g/mol. The van der Waals surface area contributed by atoms with E-state index in [0.29, 0.717) is 0 Å². The summed E-state index contributed by atoms with van der Waals surface area (Å²) in [6.45, 7) is 4.15. The molecule has 0 saturated heterocycles. The van der Waals surface area contributed by atoms with Crippen LogP contribution in [-0.4, -0.2) is 34.9 Å². The molecule has 0 saturated carbocycles. The number of aliphatic hydroxyl groups excluding tert-OH is 2. The van der Waals surface area contributed by atoms with Gasteiger partial charge in [0.2, 0.25) is 0 Å². The van der Waals surface area contributed by atoms with E-state index in [2.05, 4.69) is 13.0 Å². The van der Waals surface area contributed by atoms with Crippen molar-refractivity contribution >= 4 is 11.8 Å². The first-order chi connectivity index (χ1) is 8.18. The van der Waals surface area contributed by atoms with Crippen molar-refractivity contribution in [2.75, 3.05) is 24.7 Å². The Morgan fingerprint density at radius 2 is 1.94 bits per heavy atom. The van der Waals surface area contributed by atoms with Gasteiger partial charge in [0.15, 0.2) is 0 Å². The van der Waals surface area contributed by atoms with Crippen LogP contribution in [0.5, 0.6) is 0 Å². The molecule has 1 aromatic carbocycles. The molecule has 0 radical (unpaired) electrons. The predicted octanol–water partition coefficient (Wildman–Crippen LogP) is 2.36. The minimum Gasteiger partial charge on any atom is -0.395 e. The quantitative estimate of drug-likeness (QED) is 0.734. The Morgan fingerprint density at radius 3 is 2.47 bits per heavy atom. The third kappa shape index (κ3) is 3.73. The zero-order valence-corrected chi connectivity index (χ0v) is 11.5. The summed E-state index contributed by atoms with van der Waals surface area (Å²) in [5.41, 5.74) is 1.71. The summed E-state index contributed by atoms with van der Waals surface area (Å²) in [4.78, 5) is 0. The van der Waals surface area contributed by atoms with Crippen LogP contribution in [-0.2, 0) is 5.41 Å². The van der Waals surface area contributed by atoms with Gasteiger partial charge in [-0.15, -0.1) is 0 Å². The fourth-order valence-electron chi connectivity index (χ4n) is 1.92. The molecule has 96 valence electrons. The van der Waals surface area contributed by atoms with Crippen molar-refractivity contribution in [3.05, 3.63) is 35.4 Å². The second-order valence-corrected chi connectivity index (χ2v) is 5.81. The monoisotopic (exact) mass is 254 g/mol. The molecule has 17 heavy (non-hydrogen) atoms. The Kier molecular flexibility index (Phi) is 6.03. The van der Waals surface area contributed by atoms with E-state index in [9.17, 15) is 10.2 Å². The molecule has 0 aromatic heterocycles. The fraction of sp³-hybridized carbons (Fsp3) is 0.571. The minimum atomic E-state index is -0.492. The van der Waals surface area contributed by atoms with Crippen LogP contribution in [0.3, 0.4) is 0 Å². The third-order valence-corrected chi connectivity index (χ3v) is 4.07. The molecule has 3 heteroatoms. The van der Waals surface area contributed by atoms with Crippen LogP contribution in [0.1, 0.15) is 24.5 Å². The average Bonchev–Trinajstić information content (AvgIpc) is 2.35. The molecule has 0 fully saturated rings. The van der Waals surface area contributed by atoms with E-state index in [1.54, 1.807) is 0 Å². The van der Waals surface area contributed by atoms with E-state index in [0.717, 1.165) is 29.1 Å². The van der Waals surface area contributed by atoms with E-state index in [-0.39, 0.29) is 13.2 Å². The molecular formula is C14H22O2S. The summed E-state index contributed by atoms with van der Waals surface area (Å²) < 4.78 is 0. The van der Waals surface area contributed by atoms with Gasteiger partial charge in [0.05, 0.1) is 13.2 Å². The van der Waals surface area contributed by atoms with E-state index < -0.39 is 5.41 Å². The van der Waals surface area contributed by atoms with Gasteiger partial charge in [-0.05, 0) is 30.4 Å². The van der Waals surface area contributed by atoms with Crippen molar-refractivity contribution in [1.29, 1.82) is 0 Å². The summed E-state index contributed by atoms with van der Waals surface area (Å²) in [7, 11) is 0. The topological polar surface area (TPSA) is 40.5 Å². The number of hydrogen-bond acceptors (Lipinski definition) is 3. The van der Waals surface area contributed by atoms with E-state index in [1.807, 2.05) is 36.9 Å². The van der Waals surface area contributed by atoms with Gasteiger partial charge in [-0.3, -0.25) is 0 Å². The largest absolute Gasteiger partial charge is 0.395 e. The van der Waals surface area contributed by atoms with Crippen molar-refractivity contribution in [1.82, 2.24) is 0 Å². The van der Waals surface area contributed by atoms with E-state index in [1.165, 1.54) is 0 Å². The Hall–Kier alpha value is -0.510. The molecule has 0 bridgehead atoms. The Balaban J connectivity index is 2.89. The highest BCUT2D eigenvalue weighted by Crippen LogP contribution is 2.29. The van der Waals surface area contributed by atoms with Crippen molar-refractivity contribution in [3.8, 4) is 0 Å². The zero-order valence-electron chi connectivity index (χ0n) is 10.6. The van der Waals surface area contributed by atoms with Crippen molar-refractivity contribution in [3.63, 3.8) is 0 Å². The highest BCUT2D eigenvalue weighted by Gasteiger charge is 2.30. The van der Waals surface area contributed by atoms with Crippen LogP contribution in [0.15, 0.2) is 24.3 Å². The molecule has 1 rings (SSSR count). The zero-order chi connectivity index (χ0) is 12.7. The second-order valence-electron chi connectivity index (χ2n) is 4.41. The first kappa shape index (κ1) is 14.6.